The summed E-state index contributed by atoms with van der Waals surface area (Å²) in [6.07, 6.45) is 3.48. The second-order valence-electron chi connectivity index (χ2n) is 6.73. The molecule has 4 aromatic rings. The molecule has 8 heteroatoms. The van der Waals surface area contributed by atoms with E-state index >= 15 is 0 Å². The molecule has 1 N–H and O–H groups in total. The van der Waals surface area contributed by atoms with Crippen molar-refractivity contribution in [1.29, 1.82) is 5.26 Å². The third-order valence-electron chi connectivity index (χ3n) is 4.66. The Hall–Kier alpha value is -3.50. The van der Waals surface area contributed by atoms with Gasteiger partial charge in [0.2, 0.25) is 0 Å². The third kappa shape index (κ3) is 3.50. The standard InChI is InChI=1S/C21H18ClN7/c1-12-16(9-23)20(27-14(3)25-12)26-13(2)17-11-29-21(18(22)10-24-29)28-19(17)15-7-5-4-6-8-15/h4-8,10-11,13H,1-3H3,(H,25,26,27)/t13-/m0/s1. The molecule has 29 heavy (non-hydrogen) atoms. The van der Waals surface area contributed by atoms with Crippen molar-refractivity contribution in [3.05, 3.63) is 70.4 Å². The molecule has 1 aromatic carbocycles. The van der Waals surface area contributed by atoms with Crippen LogP contribution >= 0.6 is 11.6 Å². The van der Waals surface area contributed by atoms with Crippen molar-refractivity contribution in [2.24, 2.45) is 0 Å². The predicted molar refractivity (Wildman–Crippen MR) is 112 cm³/mol. The lowest BCUT2D eigenvalue weighted by molar-refractivity contribution is 0.825. The second-order valence-corrected chi connectivity index (χ2v) is 7.14. The smallest absolute Gasteiger partial charge is 0.174 e. The van der Waals surface area contributed by atoms with Gasteiger partial charge in [0.25, 0.3) is 0 Å². The van der Waals surface area contributed by atoms with E-state index in [1.807, 2.05) is 43.5 Å². The number of nitrogens with one attached hydrogen (secondary N) is 1. The van der Waals surface area contributed by atoms with E-state index in [-0.39, 0.29) is 6.04 Å². The lowest BCUT2D eigenvalue weighted by Crippen LogP contribution is -2.14. The highest BCUT2D eigenvalue weighted by Gasteiger charge is 2.19. The minimum atomic E-state index is -0.203. The number of anilines is 1. The Balaban J connectivity index is 1.84. The van der Waals surface area contributed by atoms with Gasteiger partial charge in [-0.1, -0.05) is 41.9 Å². The molecule has 0 radical (unpaired) electrons. The molecular formula is C21H18ClN7. The van der Waals surface area contributed by atoms with Gasteiger partial charge in [-0.2, -0.15) is 10.4 Å². The molecular weight excluding hydrogens is 386 g/mol. The van der Waals surface area contributed by atoms with Crippen molar-refractivity contribution in [3.63, 3.8) is 0 Å². The van der Waals surface area contributed by atoms with Crippen molar-refractivity contribution in [2.75, 3.05) is 5.32 Å². The largest absolute Gasteiger partial charge is 0.362 e. The first-order chi connectivity index (χ1) is 14.0. The summed E-state index contributed by atoms with van der Waals surface area (Å²) >= 11 is 6.25. The van der Waals surface area contributed by atoms with Gasteiger partial charge in [0.15, 0.2) is 5.65 Å². The highest BCUT2D eigenvalue weighted by molar-refractivity contribution is 6.33. The SMILES string of the molecule is Cc1nc(C)c(C#N)c(N[C@@H](C)c2cn3ncc(Cl)c3nc2-c2ccccc2)n1. The van der Waals surface area contributed by atoms with Crippen LogP contribution in [-0.2, 0) is 0 Å². The van der Waals surface area contributed by atoms with Crippen LogP contribution in [0.4, 0.5) is 5.82 Å². The van der Waals surface area contributed by atoms with Gasteiger partial charge in [-0.3, -0.25) is 0 Å². The fraction of sp³-hybridized carbons (Fsp3) is 0.190. The van der Waals surface area contributed by atoms with E-state index in [4.69, 9.17) is 16.6 Å². The topological polar surface area (TPSA) is 91.8 Å². The number of aromatic nitrogens is 5. The van der Waals surface area contributed by atoms with Gasteiger partial charge in [-0.05, 0) is 20.8 Å². The maximum absolute atomic E-state index is 9.54. The van der Waals surface area contributed by atoms with Crippen LogP contribution in [0.3, 0.4) is 0 Å². The first kappa shape index (κ1) is 18.8. The summed E-state index contributed by atoms with van der Waals surface area (Å²) in [5, 5.41) is 17.7. The molecule has 0 fully saturated rings. The van der Waals surface area contributed by atoms with Crippen LogP contribution in [-0.4, -0.2) is 24.6 Å². The van der Waals surface area contributed by atoms with E-state index in [1.165, 1.54) is 0 Å². The van der Waals surface area contributed by atoms with Crippen LogP contribution in [0.2, 0.25) is 5.02 Å². The van der Waals surface area contributed by atoms with E-state index in [0.717, 1.165) is 16.8 Å². The van der Waals surface area contributed by atoms with E-state index < -0.39 is 0 Å². The summed E-state index contributed by atoms with van der Waals surface area (Å²) in [7, 11) is 0. The molecule has 3 aromatic heterocycles. The molecule has 4 rings (SSSR count). The second kappa shape index (κ2) is 7.49. The quantitative estimate of drug-likeness (QED) is 0.539. The van der Waals surface area contributed by atoms with Gasteiger partial charge >= 0.3 is 0 Å². The number of rotatable bonds is 4. The Morgan fingerprint density at radius 2 is 1.90 bits per heavy atom. The van der Waals surface area contributed by atoms with Crippen LogP contribution in [0, 0.1) is 25.2 Å². The van der Waals surface area contributed by atoms with Crippen molar-refractivity contribution >= 4 is 23.1 Å². The minimum absolute atomic E-state index is 0.203. The number of aryl methyl sites for hydroxylation is 2. The van der Waals surface area contributed by atoms with Crippen molar-refractivity contribution in [1.82, 2.24) is 24.6 Å². The number of benzene rings is 1. The Morgan fingerprint density at radius 1 is 1.14 bits per heavy atom. The summed E-state index contributed by atoms with van der Waals surface area (Å²) in [6.45, 7) is 5.60. The normalized spacial score (nSPS) is 12.0. The Kier molecular flexibility index (Phi) is 4.87. The number of nitriles is 1. The summed E-state index contributed by atoms with van der Waals surface area (Å²) in [4.78, 5) is 13.5. The molecule has 144 valence electrons. The maximum atomic E-state index is 9.54. The molecule has 0 spiro atoms. The Labute approximate surface area is 173 Å². The first-order valence-electron chi connectivity index (χ1n) is 9.09. The highest BCUT2D eigenvalue weighted by atomic mass is 35.5. The number of nitrogens with zero attached hydrogens (tertiary/aromatic N) is 6. The third-order valence-corrected chi connectivity index (χ3v) is 4.93. The summed E-state index contributed by atoms with van der Waals surface area (Å²) in [5.74, 6) is 1.11. The maximum Gasteiger partial charge on any atom is 0.174 e. The molecule has 0 aliphatic carbocycles. The number of hydrogen-bond acceptors (Lipinski definition) is 6. The Morgan fingerprint density at radius 3 is 2.62 bits per heavy atom. The van der Waals surface area contributed by atoms with Gasteiger partial charge < -0.3 is 5.32 Å². The molecule has 0 saturated heterocycles. The average Bonchev–Trinajstić information content (AvgIpc) is 3.07. The average molecular weight is 404 g/mol. The van der Waals surface area contributed by atoms with Gasteiger partial charge in [-0.15, -0.1) is 0 Å². The van der Waals surface area contributed by atoms with Gasteiger partial charge in [0.1, 0.15) is 28.3 Å². The van der Waals surface area contributed by atoms with Crippen LogP contribution in [0.5, 0.6) is 0 Å². The van der Waals surface area contributed by atoms with E-state index in [9.17, 15) is 5.26 Å². The van der Waals surface area contributed by atoms with E-state index in [1.54, 1.807) is 24.6 Å². The summed E-state index contributed by atoms with van der Waals surface area (Å²) in [6, 6.07) is 11.9. The van der Waals surface area contributed by atoms with E-state index in [0.29, 0.717) is 33.6 Å². The molecule has 0 saturated carbocycles. The molecule has 3 heterocycles. The lowest BCUT2D eigenvalue weighted by Gasteiger charge is -2.19. The zero-order valence-electron chi connectivity index (χ0n) is 16.2. The van der Waals surface area contributed by atoms with Crippen LogP contribution < -0.4 is 5.32 Å². The molecule has 0 aliphatic rings. The van der Waals surface area contributed by atoms with Gasteiger partial charge in [-0.25, -0.2) is 19.5 Å². The van der Waals surface area contributed by atoms with Crippen LogP contribution in [0.1, 0.15) is 35.6 Å². The molecule has 7 nitrogen and oxygen atoms in total. The monoisotopic (exact) mass is 403 g/mol. The zero-order valence-corrected chi connectivity index (χ0v) is 16.9. The molecule has 0 amide bonds. The van der Waals surface area contributed by atoms with Gasteiger partial charge in [0.05, 0.1) is 23.6 Å². The minimum Gasteiger partial charge on any atom is -0.362 e. The first-order valence-corrected chi connectivity index (χ1v) is 9.46. The fourth-order valence-electron chi connectivity index (χ4n) is 3.28. The van der Waals surface area contributed by atoms with Crippen molar-refractivity contribution in [2.45, 2.75) is 26.8 Å². The Bertz CT molecular complexity index is 1240. The van der Waals surface area contributed by atoms with Crippen LogP contribution in [0.15, 0.2) is 42.7 Å². The van der Waals surface area contributed by atoms with E-state index in [2.05, 4.69) is 26.5 Å². The molecule has 0 unspecified atom stereocenters. The lowest BCUT2D eigenvalue weighted by atomic mass is 10.0. The summed E-state index contributed by atoms with van der Waals surface area (Å²) in [5.41, 5.74) is 4.33. The summed E-state index contributed by atoms with van der Waals surface area (Å²) < 4.78 is 1.66. The number of fused-ring (bicyclic) bond motifs is 1. The van der Waals surface area contributed by atoms with Gasteiger partial charge in [0, 0.05) is 17.3 Å². The van der Waals surface area contributed by atoms with Crippen molar-refractivity contribution < 1.29 is 0 Å². The zero-order chi connectivity index (χ0) is 20.5. The highest BCUT2D eigenvalue weighted by Crippen LogP contribution is 2.31. The van der Waals surface area contributed by atoms with Crippen LogP contribution in [0.25, 0.3) is 16.9 Å². The number of halogens is 1. The number of hydrogen-bond donors (Lipinski definition) is 1. The predicted octanol–water partition coefficient (Wildman–Crippen LogP) is 4.50. The fourth-order valence-corrected chi connectivity index (χ4v) is 3.45. The van der Waals surface area contributed by atoms with Crippen molar-refractivity contribution in [3.8, 4) is 17.3 Å². The molecule has 0 bridgehead atoms. The molecule has 0 aliphatic heterocycles. The molecule has 1 atom stereocenters.